The summed E-state index contributed by atoms with van der Waals surface area (Å²) < 4.78 is 0. The van der Waals surface area contributed by atoms with Crippen molar-refractivity contribution >= 4 is 17.6 Å². The molecule has 3 nitrogen and oxygen atoms in total. The Morgan fingerprint density at radius 3 is 2.60 bits per heavy atom. The van der Waals surface area contributed by atoms with Gasteiger partial charge in [-0.15, -0.1) is 0 Å². The van der Waals surface area contributed by atoms with E-state index in [2.05, 4.69) is 62.7 Å². The van der Waals surface area contributed by atoms with Crippen molar-refractivity contribution in [2.45, 2.75) is 58.5 Å². The van der Waals surface area contributed by atoms with Gasteiger partial charge in [-0.2, -0.15) is 0 Å². The Balaban J connectivity index is 1.97. The Labute approximate surface area is 151 Å². The maximum absolute atomic E-state index is 9.86. The van der Waals surface area contributed by atoms with Gasteiger partial charge in [0.2, 0.25) is 0 Å². The summed E-state index contributed by atoms with van der Waals surface area (Å²) in [5.41, 5.74) is 4.54. The number of rotatable bonds is 3. The van der Waals surface area contributed by atoms with Crippen LogP contribution in [0.4, 0.5) is 11.4 Å². The lowest BCUT2D eigenvalue weighted by Crippen LogP contribution is -2.51. The second-order valence-electron chi connectivity index (χ2n) is 7.95. The second kappa shape index (κ2) is 6.55. The van der Waals surface area contributed by atoms with Crippen molar-refractivity contribution in [2.75, 3.05) is 4.90 Å². The number of hydrogen-bond acceptors (Lipinski definition) is 3. The molecule has 1 aliphatic rings. The van der Waals surface area contributed by atoms with Crippen molar-refractivity contribution in [1.29, 1.82) is 0 Å². The van der Waals surface area contributed by atoms with Gasteiger partial charge in [-0.1, -0.05) is 25.1 Å². The number of fused-ring (bicyclic) bond motifs is 1. The van der Waals surface area contributed by atoms with Gasteiger partial charge in [0.05, 0.1) is 0 Å². The molecule has 0 aliphatic carbocycles. The SMILES string of the molecule is CC(C)N1c2ccc(C=Nc3ccccc3O)cc2[C@H](C)CC1(C)C. The molecule has 2 aromatic carbocycles. The van der Waals surface area contributed by atoms with Crippen LogP contribution < -0.4 is 4.90 Å². The molecule has 0 saturated heterocycles. The number of para-hydroxylation sites is 2. The van der Waals surface area contributed by atoms with Gasteiger partial charge in [0.15, 0.2) is 0 Å². The topological polar surface area (TPSA) is 35.8 Å². The third-order valence-electron chi connectivity index (χ3n) is 5.05. The minimum Gasteiger partial charge on any atom is -0.506 e. The van der Waals surface area contributed by atoms with Crippen LogP contribution in [0.25, 0.3) is 0 Å². The minimum atomic E-state index is 0.159. The number of benzene rings is 2. The molecule has 3 heteroatoms. The van der Waals surface area contributed by atoms with E-state index in [-0.39, 0.29) is 11.3 Å². The summed E-state index contributed by atoms with van der Waals surface area (Å²) in [4.78, 5) is 6.98. The summed E-state index contributed by atoms with van der Waals surface area (Å²) in [6, 6.07) is 14.2. The Morgan fingerprint density at radius 1 is 1.20 bits per heavy atom. The fourth-order valence-corrected chi connectivity index (χ4v) is 4.25. The van der Waals surface area contributed by atoms with Crippen molar-refractivity contribution in [3.05, 3.63) is 53.6 Å². The summed E-state index contributed by atoms with van der Waals surface area (Å²) in [5.74, 6) is 0.719. The molecular weight excluding hydrogens is 308 g/mol. The van der Waals surface area contributed by atoms with E-state index in [0.29, 0.717) is 17.6 Å². The van der Waals surface area contributed by atoms with Crippen LogP contribution in [0.3, 0.4) is 0 Å². The average molecular weight is 336 g/mol. The second-order valence-corrected chi connectivity index (χ2v) is 7.95. The summed E-state index contributed by atoms with van der Waals surface area (Å²) >= 11 is 0. The van der Waals surface area contributed by atoms with Gasteiger partial charge >= 0.3 is 0 Å². The molecule has 0 saturated carbocycles. The van der Waals surface area contributed by atoms with E-state index in [1.165, 1.54) is 11.3 Å². The Kier molecular flexibility index (Phi) is 4.59. The zero-order valence-corrected chi connectivity index (χ0v) is 15.8. The molecule has 0 bridgehead atoms. The molecule has 0 amide bonds. The van der Waals surface area contributed by atoms with Crippen LogP contribution in [0.1, 0.15) is 58.1 Å². The van der Waals surface area contributed by atoms with Crippen molar-refractivity contribution < 1.29 is 5.11 Å². The van der Waals surface area contributed by atoms with Crippen LogP contribution in [-0.2, 0) is 0 Å². The molecule has 1 atom stereocenters. The van der Waals surface area contributed by atoms with E-state index >= 15 is 0 Å². The number of phenols is 1. The zero-order chi connectivity index (χ0) is 18.2. The third kappa shape index (κ3) is 3.41. The number of aliphatic imine (C=N–C) groups is 1. The van der Waals surface area contributed by atoms with Crippen molar-refractivity contribution in [3.63, 3.8) is 0 Å². The molecular formula is C22H28N2O. The maximum Gasteiger partial charge on any atom is 0.141 e. The first kappa shape index (κ1) is 17.5. The number of hydrogen-bond donors (Lipinski definition) is 1. The molecule has 25 heavy (non-hydrogen) atoms. The average Bonchev–Trinajstić information content (AvgIpc) is 2.53. The number of phenolic OH excluding ortho intramolecular Hbond substituents is 1. The smallest absolute Gasteiger partial charge is 0.141 e. The lowest BCUT2D eigenvalue weighted by molar-refractivity contribution is 0.356. The number of anilines is 1. The predicted molar refractivity (Wildman–Crippen MR) is 107 cm³/mol. The van der Waals surface area contributed by atoms with Gasteiger partial charge < -0.3 is 10.0 Å². The monoisotopic (exact) mass is 336 g/mol. The predicted octanol–water partition coefficient (Wildman–Crippen LogP) is 5.64. The van der Waals surface area contributed by atoms with E-state index in [9.17, 15) is 5.11 Å². The van der Waals surface area contributed by atoms with Crippen LogP contribution in [0.2, 0.25) is 0 Å². The normalized spacial score (nSPS) is 19.4. The highest BCUT2D eigenvalue weighted by molar-refractivity contribution is 5.84. The summed E-state index contributed by atoms with van der Waals surface area (Å²) in [6.07, 6.45) is 2.97. The molecule has 132 valence electrons. The van der Waals surface area contributed by atoms with Crippen LogP contribution >= 0.6 is 0 Å². The molecule has 0 radical (unpaired) electrons. The largest absolute Gasteiger partial charge is 0.506 e. The first-order valence-corrected chi connectivity index (χ1v) is 9.05. The van der Waals surface area contributed by atoms with Gasteiger partial charge in [0.25, 0.3) is 0 Å². The van der Waals surface area contributed by atoms with E-state index in [4.69, 9.17) is 0 Å². The Hall–Kier alpha value is -2.29. The minimum absolute atomic E-state index is 0.159. The molecule has 2 aromatic rings. The van der Waals surface area contributed by atoms with Gasteiger partial charge in [-0.05, 0) is 75.4 Å². The highest BCUT2D eigenvalue weighted by atomic mass is 16.3. The van der Waals surface area contributed by atoms with Crippen LogP contribution in [-0.4, -0.2) is 22.9 Å². The standard InChI is InChI=1S/C22H28N2O/c1-15(2)24-20-11-10-17(12-18(20)16(3)13-22(24,4)5)14-23-19-8-6-7-9-21(19)25/h6-12,14-16,25H,13H2,1-5H3/t16-/m1/s1. The van der Waals surface area contributed by atoms with Crippen molar-refractivity contribution in [3.8, 4) is 5.75 Å². The molecule has 3 rings (SSSR count). The molecule has 0 unspecified atom stereocenters. The quantitative estimate of drug-likeness (QED) is 0.736. The fraction of sp³-hybridized carbons (Fsp3) is 0.409. The van der Waals surface area contributed by atoms with Gasteiger partial charge in [0.1, 0.15) is 11.4 Å². The fourth-order valence-electron chi connectivity index (χ4n) is 4.25. The molecule has 0 spiro atoms. The van der Waals surface area contributed by atoms with Crippen LogP contribution in [0, 0.1) is 0 Å². The van der Waals surface area contributed by atoms with Gasteiger partial charge in [-0.3, -0.25) is 4.99 Å². The molecule has 1 aliphatic heterocycles. The zero-order valence-electron chi connectivity index (χ0n) is 15.8. The molecule has 0 aromatic heterocycles. The highest BCUT2D eigenvalue weighted by Gasteiger charge is 2.37. The number of aromatic hydroxyl groups is 1. The van der Waals surface area contributed by atoms with Gasteiger partial charge in [-0.25, -0.2) is 0 Å². The van der Waals surface area contributed by atoms with E-state index in [1.54, 1.807) is 12.1 Å². The van der Waals surface area contributed by atoms with Crippen molar-refractivity contribution in [2.24, 2.45) is 4.99 Å². The Morgan fingerprint density at radius 2 is 1.92 bits per heavy atom. The van der Waals surface area contributed by atoms with Gasteiger partial charge in [0, 0.05) is 23.5 Å². The first-order chi connectivity index (χ1) is 11.8. The lowest BCUT2D eigenvalue weighted by atomic mass is 9.79. The van der Waals surface area contributed by atoms with Crippen LogP contribution in [0.5, 0.6) is 5.75 Å². The Bertz CT molecular complexity index is 792. The summed E-state index contributed by atoms with van der Waals surface area (Å²) in [7, 11) is 0. The lowest BCUT2D eigenvalue weighted by Gasteiger charge is -2.50. The number of nitrogens with zero attached hydrogens (tertiary/aromatic N) is 2. The molecule has 0 fully saturated rings. The summed E-state index contributed by atoms with van der Waals surface area (Å²) in [5, 5.41) is 9.86. The summed E-state index contributed by atoms with van der Waals surface area (Å²) in [6.45, 7) is 11.5. The van der Waals surface area contributed by atoms with E-state index in [0.717, 1.165) is 12.0 Å². The third-order valence-corrected chi connectivity index (χ3v) is 5.05. The van der Waals surface area contributed by atoms with E-state index < -0.39 is 0 Å². The van der Waals surface area contributed by atoms with E-state index in [1.807, 2.05) is 18.3 Å². The van der Waals surface area contributed by atoms with Crippen molar-refractivity contribution in [1.82, 2.24) is 0 Å². The first-order valence-electron chi connectivity index (χ1n) is 9.05. The van der Waals surface area contributed by atoms with Crippen LogP contribution in [0.15, 0.2) is 47.5 Å². The molecule has 1 N–H and O–H groups in total. The maximum atomic E-state index is 9.86. The molecule has 1 heterocycles. The highest BCUT2D eigenvalue weighted by Crippen LogP contribution is 2.44.